The van der Waals surface area contributed by atoms with Gasteiger partial charge in [0.2, 0.25) is 11.8 Å². The number of hydrogen-bond acceptors (Lipinski definition) is 5. The Kier molecular flexibility index (Phi) is 5.14. The Hall–Kier alpha value is -2.93. The number of carbonyl (C=O) groups excluding carboxylic acids is 1. The minimum Gasteiger partial charge on any atom is -0.441 e. The maximum absolute atomic E-state index is 12.6. The molecular formula is C20H20N2O4S. The summed E-state index contributed by atoms with van der Waals surface area (Å²) in [5.41, 5.74) is 2.15. The average Bonchev–Trinajstić information content (AvgIpc) is 3.02. The Morgan fingerprint density at radius 3 is 2.30 bits per heavy atom. The lowest BCUT2D eigenvalue weighted by atomic mass is 10.2. The van der Waals surface area contributed by atoms with Crippen molar-refractivity contribution in [3.63, 3.8) is 0 Å². The van der Waals surface area contributed by atoms with Gasteiger partial charge in [0.05, 0.1) is 17.0 Å². The molecule has 0 unspecified atom stereocenters. The standard InChI is InChI=1S/C20H20N2O4S/c1-14-9-11-17(12-10-14)27(24,25)22(3)19(23)13-18-15(2)26-20(21-18)16-7-5-4-6-8-16/h4-12H,13H2,1-3H3. The van der Waals surface area contributed by atoms with Gasteiger partial charge in [-0.2, -0.15) is 0 Å². The summed E-state index contributed by atoms with van der Waals surface area (Å²) < 4.78 is 31.7. The van der Waals surface area contributed by atoms with E-state index in [1.165, 1.54) is 19.2 Å². The fourth-order valence-electron chi connectivity index (χ4n) is 2.55. The monoisotopic (exact) mass is 384 g/mol. The second kappa shape index (κ2) is 7.36. The summed E-state index contributed by atoms with van der Waals surface area (Å²) in [6, 6.07) is 15.7. The van der Waals surface area contributed by atoms with Gasteiger partial charge in [0, 0.05) is 12.6 Å². The van der Waals surface area contributed by atoms with Crippen molar-refractivity contribution < 1.29 is 17.6 Å². The van der Waals surface area contributed by atoms with Crippen LogP contribution in [-0.2, 0) is 21.2 Å². The molecule has 0 saturated heterocycles. The third kappa shape index (κ3) is 3.93. The molecule has 0 radical (unpaired) electrons. The number of likely N-dealkylation sites (N-methyl/N-ethyl adjacent to an activating group) is 1. The zero-order valence-corrected chi connectivity index (χ0v) is 16.2. The van der Waals surface area contributed by atoms with E-state index >= 15 is 0 Å². The molecule has 1 aromatic heterocycles. The van der Waals surface area contributed by atoms with Crippen molar-refractivity contribution in [1.82, 2.24) is 9.29 Å². The molecule has 0 fully saturated rings. The Morgan fingerprint density at radius 1 is 1.04 bits per heavy atom. The van der Waals surface area contributed by atoms with Crippen molar-refractivity contribution in [3.05, 3.63) is 71.6 Å². The number of rotatable bonds is 5. The summed E-state index contributed by atoms with van der Waals surface area (Å²) >= 11 is 0. The highest BCUT2D eigenvalue weighted by Crippen LogP contribution is 2.23. The number of nitrogens with zero attached hydrogens (tertiary/aromatic N) is 2. The van der Waals surface area contributed by atoms with E-state index in [9.17, 15) is 13.2 Å². The molecule has 1 heterocycles. The van der Waals surface area contributed by atoms with Gasteiger partial charge in [-0.15, -0.1) is 0 Å². The van der Waals surface area contributed by atoms with Crippen LogP contribution in [-0.4, -0.2) is 30.7 Å². The van der Waals surface area contributed by atoms with Gasteiger partial charge in [-0.3, -0.25) is 4.79 Å². The van der Waals surface area contributed by atoms with Crippen LogP contribution in [0.1, 0.15) is 17.0 Å². The molecule has 0 N–H and O–H groups in total. The molecule has 0 aliphatic heterocycles. The van der Waals surface area contributed by atoms with Crippen molar-refractivity contribution in [3.8, 4) is 11.5 Å². The van der Waals surface area contributed by atoms with E-state index in [0.29, 0.717) is 17.3 Å². The number of aromatic nitrogens is 1. The van der Waals surface area contributed by atoms with Crippen LogP contribution >= 0.6 is 0 Å². The first-order valence-corrected chi connectivity index (χ1v) is 9.83. The lowest BCUT2D eigenvalue weighted by molar-refractivity contribution is -0.125. The first-order valence-electron chi connectivity index (χ1n) is 8.39. The zero-order valence-electron chi connectivity index (χ0n) is 15.3. The van der Waals surface area contributed by atoms with Gasteiger partial charge < -0.3 is 4.42 Å². The van der Waals surface area contributed by atoms with Gasteiger partial charge in [-0.25, -0.2) is 17.7 Å². The number of sulfonamides is 1. The molecule has 0 spiro atoms. The Bertz CT molecular complexity index is 1060. The largest absolute Gasteiger partial charge is 0.441 e. The summed E-state index contributed by atoms with van der Waals surface area (Å²) in [4.78, 5) is 17.0. The van der Waals surface area contributed by atoms with Crippen LogP contribution in [0, 0.1) is 13.8 Å². The van der Waals surface area contributed by atoms with Gasteiger partial charge in [0.1, 0.15) is 5.76 Å². The molecule has 7 heteroatoms. The van der Waals surface area contributed by atoms with Crippen LogP contribution in [0.2, 0.25) is 0 Å². The smallest absolute Gasteiger partial charge is 0.266 e. The molecule has 0 aliphatic carbocycles. The molecule has 2 aromatic carbocycles. The predicted octanol–water partition coefficient (Wildman–Crippen LogP) is 3.35. The van der Waals surface area contributed by atoms with Gasteiger partial charge >= 0.3 is 0 Å². The Morgan fingerprint density at radius 2 is 1.67 bits per heavy atom. The van der Waals surface area contributed by atoms with E-state index in [0.717, 1.165) is 15.4 Å². The minimum atomic E-state index is -3.91. The van der Waals surface area contributed by atoms with Crippen molar-refractivity contribution in [2.45, 2.75) is 25.2 Å². The van der Waals surface area contributed by atoms with Crippen LogP contribution < -0.4 is 0 Å². The number of benzene rings is 2. The molecule has 3 rings (SSSR count). The molecule has 0 saturated carbocycles. The van der Waals surface area contributed by atoms with Crippen LogP contribution in [0.15, 0.2) is 63.9 Å². The quantitative estimate of drug-likeness (QED) is 0.674. The number of carbonyl (C=O) groups is 1. The fraction of sp³-hybridized carbons (Fsp3) is 0.200. The SMILES string of the molecule is Cc1ccc(S(=O)(=O)N(C)C(=O)Cc2nc(-c3ccccc3)oc2C)cc1. The third-order valence-corrected chi connectivity index (χ3v) is 6.06. The maximum atomic E-state index is 12.6. The van der Waals surface area contributed by atoms with E-state index in [1.54, 1.807) is 19.1 Å². The highest BCUT2D eigenvalue weighted by molar-refractivity contribution is 7.89. The van der Waals surface area contributed by atoms with Crippen LogP contribution in [0.4, 0.5) is 0 Å². The van der Waals surface area contributed by atoms with Crippen molar-refractivity contribution in [2.75, 3.05) is 7.05 Å². The normalized spacial score (nSPS) is 11.4. The summed E-state index contributed by atoms with van der Waals surface area (Å²) in [6.45, 7) is 3.57. The van der Waals surface area contributed by atoms with Crippen molar-refractivity contribution in [1.29, 1.82) is 0 Å². The van der Waals surface area contributed by atoms with Crippen LogP contribution in [0.25, 0.3) is 11.5 Å². The molecule has 27 heavy (non-hydrogen) atoms. The average molecular weight is 384 g/mol. The highest BCUT2D eigenvalue weighted by atomic mass is 32.2. The van der Waals surface area contributed by atoms with E-state index in [-0.39, 0.29) is 11.3 Å². The highest BCUT2D eigenvalue weighted by Gasteiger charge is 2.27. The molecule has 0 atom stereocenters. The number of hydrogen-bond donors (Lipinski definition) is 0. The van der Waals surface area contributed by atoms with Crippen molar-refractivity contribution in [2.24, 2.45) is 0 Å². The summed E-state index contributed by atoms with van der Waals surface area (Å²) in [6.07, 6.45) is -0.163. The summed E-state index contributed by atoms with van der Waals surface area (Å²) in [5.74, 6) is 0.315. The number of amides is 1. The first kappa shape index (κ1) is 18.8. The van der Waals surface area contributed by atoms with Gasteiger partial charge in [-0.1, -0.05) is 35.9 Å². The topological polar surface area (TPSA) is 80.5 Å². The van der Waals surface area contributed by atoms with Crippen LogP contribution in [0.5, 0.6) is 0 Å². The predicted molar refractivity (Wildman–Crippen MR) is 102 cm³/mol. The zero-order chi connectivity index (χ0) is 19.6. The number of oxazole rings is 1. The lowest BCUT2D eigenvalue weighted by Crippen LogP contribution is -2.34. The number of aryl methyl sites for hydroxylation is 2. The summed E-state index contributed by atoms with van der Waals surface area (Å²) in [5, 5.41) is 0. The fourth-order valence-corrected chi connectivity index (χ4v) is 3.68. The summed E-state index contributed by atoms with van der Waals surface area (Å²) in [7, 11) is -2.65. The molecule has 0 bridgehead atoms. The van der Waals surface area contributed by atoms with E-state index < -0.39 is 15.9 Å². The van der Waals surface area contributed by atoms with Crippen molar-refractivity contribution >= 4 is 15.9 Å². The van der Waals surface area contributed by atoms with Crippen LogP contribution in [0.3, 0.4) is 0 Å². The lowest BCUT2D eigenvalue weighted by Gasteiger charge is -2.17. The molecule has 1 amide bonds. The molecule has 6 nitrogen and oxygen atoms in total. The van der Waals surface area contributed by atoms with Gasteiger partial charge in [0.15, 0.2) is 0 Å². The second-order valence-corrected chi connectivity index (χ2v) is 8.21. The van der Waals surface area contributed by atoms with E-state index in [4.69, 9.17) is 4.42 Å². The van der Waals surface area contributed by atoms with E-state index in [2.05, 4.69) is 4.98 Å². The maximum Gasteiger partial charge on any atom is 0.266 e. The molecular weight excluding hydrogens is 364 g/mol. The Labute approximate surface area is 158 Å². The second-order valence-electron chi connectivity index (χ2n) is 6.24. The van der Waals surface area contributed by atoms with Gasteiger partial charge in [0.25, 0.3) is 10.0 Å². The molecule has 140 valence electrons. The molecule has 3 aromatic rings. The van der Waals surface area contributed by atoms with Gasteiger partial charge in [-0.05, 0) is 38.1 Å². The minimum absolute atomic E-state index is 0.0748. The molecule has 0 aliphatic rings. The Balaban J connectivity index is 1.81. The van der Waals surface area contributed by atoms with E-state index in [1.807, 2.05) is 37.3 Å². The first-order chi connectivity index (χ1) is 12.8. The third-order valence-electron chi connectivity index (χ3n) is 4.26.